The Labute approximate surface area is 127 Å². The molecule has 0 aromatic heterocycles. The molecular formula is C15H20BrNOS. The Balaban J connectivity index is 1.99. The van der Waals surface area contributed by atoms with E-state index in [4.69, 9.17) is 10.5 Å². The molecule has 1 aromatic carbocycles. The summed E-state index contributed by atoms with van der Waals surface area (Å²) in [6.45, 7) is 5.93. The lowest BCUT2D eigenvalue weighted by Crippen LogP contribution is -2.21. The molecule has 0 bridgehead atoms. The smallest absolute Gasteiger partial charge is 0.119 e. The van der Waals surface area contributed by atoms with Gasteiger partial charge in [0, 0.05) is 15.6 Å². The summed E-state index contributed by atoms with van der Waals surface area (Å²) in [6, 6.07) is 8.00. The molecular weight excluding hydrogens is 322 g/mol. The monoisotopic (exact) mass is 341 g/mol. The van der Waals surface area contributed by atoms with E-state index in [9.17, 15) is 0 Å². The Morgan fingerprint density at radius 2 is 2.00 bits per heavy atom. The van der Waals surface area contributed by atoms with Gasteiger partial charge in [0.1, 0.15) is 5.75 Å². The van der Waals surface area contributed by atoms with E-state index in [1.165, 1.54) is 10.5 Å². The van der Waals surface area contributed by atoms with Gasteiger partial charge in [-0.3, -0.25) is 0 Å². The average molecular weight is 342 g/mol. The molecule has 1 aliphatic heterocycles. The van der Waals surface area contributed by atoms with Crippen molar-refractivity contribution in [1.29, 1.82) is 0 Å². The van der Waals surface area contributed by atoms with Gasteiger partial charge in [-0.25, -0.2) is 0 Å². The van der Waals surface area contributed by atoms with E-state index < -0.39 is 0 Å². The number of hydrogen-bond acceptors (Lipinski definition) is 3. The van der Waals surface area contributed by atoms with Crippen molar-refractivity contribution in [3.8, 4) is 5.75 Å². The lowest BCUT2D eigenvalue weighted by atomic mass is 9.94. The first-order chi connectivity index (χ1) is 9.11. The molecule has 0 radical (unpaired) electrons. The van der Waals surface area contributed by atoms with Gasteiger partial charge in [0.05, 0.1) is 6.61 Å². The van der Waals surface area contributed by atoms with Crippen LogP contribution < -0.4 is 10.5 Å². The summed E-state index contributed by atoms with van der Waals surface area (Å²) < 4.78 is 7.00. The SMILES string of the molecule is CC1=C(CCN)C(COc2ccc(Br)cc2)C(C)S1. The zero-order valence-corrected chi connectivity index (χ0v) is 13.8. The highest BCUT2D eigenvalue weighted by molar-refractivity contribution is 9.10. The third-order valence-corrected chi connectivity index (χ3v) is 5.33. The maximum Gasteiger partial charge on any atom is 0.119 e. The molecule has 1 aliphatic rings. The first-order valence-corrected chi connectivity index (χ1v) is 8.24. The van der Waals surface area contributed by atoms with E-state index in [1.54, 1.807) is 0 Å². The van der Waals surface area contributed by atoms with E-state index >= 15 is 0 Å². The minimum absolute atomic E-state index is 0.484. The predicted octanol–water partition coefficient (Wildman–Crippen LogP) is 4.20. The maximum absolute atomic E-state index is 5.93. The van der Waals surface area contributed by atoms with E-state index in [0.29, 0.717) is 11.2 Å². The number of nitrogens with two attached hydrogens (primary N) is 1. The zero-order valence-electron chi connectivity index (χ0n) is 11.4. The van der Waals surface area contributed by atoms with Gasteiger partial charge < -0.3 is 10.5 Å². The highest BCUT2D eigenvalue weighted by Gasteiger charge is 2.30. The van der Waals surface area contributed by atoms with Crippen LogP contribution in [0.3, 0.4) is 0 Å². The molecule has 4 heteroatoms. The summed E-state index contributed by atoms with van der Waals surface area (Å²) in [4.78, 5) is 1.43. The number of rotatable bonds is 5. The van der Waals surface area contributed by atoms with Gasteiger partial charge in [-0.1, -0.05) is 28.4 Å². The van der Waals surface area contributed by atoms with Crippen LogP contribution in [-0.2, 0) is 0 Å². The maximum atomic E-state index is 5.93. The molecule has 2 nitrogen and oxygen atoms in total. The molecule has 0 amide bonds. The van der Waals surface area contributed by atoms with Gasteiger partial charge in [0.25, 0.3) is 0 Å². The first kappa shape index (κ1) is 14.9. The minimum Gasteiger partial charge on any atom is -0.493 e. The quantitative estimate of drug-likeness (QED) is 0.871. The fraction of sp³-hybridized carbons (Fsp3) is 0.467. The Morgan fingerprint density at radius 1 is 1.32 bits per heavy atom. The highest BCUT2D eigenvalue weighted by atomic mass is 79.9. The second kappa shape index (κ2) is 6.82. The molecule has 0 spiro atoms. The number of hydrogen-bond donors (Lipinski definition) is 1. The van der Waals surface area contributed by atoms with Crippen LogP contribution in [0.15, 0.2) is 39.2 Å². The number of ether oxygens (including phenoxy) is 1. The summed E-state index contributed by atoms with van der Waals surface area (Å²) in [5, 5.41) is 0.581. The first-order valence-electron chi connectivity index (χ1n) is 6.56. The van der Waals surface area contributed by atoms with Crippen molar-refractivity contribution in [3.05, 3.63) is 39.2 Å². The van der Waals surface area contributed by atoms with Gasteiger partial charge >= 0.3 is 0 Å². The van der Waals surface area contributed by atoms with E-state index in [2.05, 4.69) is 29.8 Å². The van der Waals surface area contributed by atoms with Crippen molar-refractivity contribution >= 4 is 27.7 Å². The van der Waals surface area contributed by atoms with Crippen LogP contribution in [-0.4, -0.2) is 18.4 Å². The van der Waals surface area contributed by atoms with Crippen LogP contribution in [0.1, 0.15) is 20.3 Å². The van der Waals surface area contributed by atoms with Crippen LogP contribution in [0.4, 0.5) is 0 Å². The molecule has 2 N–H and O–H groups in total. The van der Waals surface area contributed by atoms with Gasteiger partial charge in [0.2, 0.25) is 0 Å². The standard InChI is InChI=1S/C15H20BrNOS/c1-10-14(7-8-17)15(11(2)19-10)9-18-13-5-3-12(16)4-6-13/h3-6,11,15H,7-9,17H2,1-2H3. The predicted molar refractivity (Wildman–Crippen MR) is 86.6 cm³/mol. The second-order valence-electron chi connectivity index (χ2n) is 4.81. The van der Waals surface area contributed by atoms with Crippen LogP contribution in [0.2, 0.25) is 0 Å². The van der Waals surface area contributed by atoms with Crippen LogP contribution >= 0.6 is 27.7 Å². The Morgan fingerprint density at radius 3 is 2.63 bits per heavy atom. The number of halogens is 1. The largest absolute Gasteiger partial charge is 0.493 e. The topological polar surface area (TPSA) is 35.2 Å². The van der Waals surface area contributed by atoms with Crippen LogP contribution in [0.5, 0.6) is 5.75 Å². The molecule has 0 fully saturated rings. The number of thioether (sulfide) groups is 1. The molecule has 2 unspecified atom stereocenters. The molecule has 104 valence electrons. The highest BCUT2D eigenvalue weighted by Crippen LogP contribution is 2.43. The molecule has 0 aliphatic carbocycles. The van der Waals surface area contributed by atoms with Crippen molar-refractivity contribution in [2.75, 3.05) is 13.2 Å². The summed E-state index contributed by atoms with van der Waals surface area (Å²) >= 11 is 5.38. The Kier molecular flexibility index (Phi) is 5.37. The minimum atomic E-state index is 0.484. The van der Waals surface area contributed by atoms with E-state index in [0.717, 1.165) is 29.8 Å². The third-order valence-electron chi connectivity index (χ3n) is 3.49. The van der Waals surface area contributed by atoms with Gasteiger partial charge in [-0.05, 0) is 49.1 Å². The molecule has 0 saturated carbocycles. The van der Waals surface area contributed by atoms with Crippen LogP contribution in [0, 0.1) is 5.92 Å². The molecule has 19 heavy (non-hydrogen) atoms. The third kappa shape index (κ3) is 3.77. The molecule has 2 rings (SSSR count). The average Bonchev–Trinajstić information content (AvgIpc) is 2.65. The second-order valence-corrected chi connectivity index (χ2v) is 7.32. The summed E-state index contributed by atoms with van der Waals surface area (Å²) in [5.41, 5.74) is 7.20. The van der Waals surface area contributed by atoms with E-state index in [-0.39, 0.29) is 0 Å². The van der Waals surface area contributed by atoms with Crippen molar-refractivity contribution in [2.24, 2.45) is 11.7 Å². The van der Waals surface area contributed by atoms with Gasteiger partial charge in [-0.15, -0.1) is 11.8 Å². The molecule has 0 saturated heterocycles. The number of allylic oxidation sites excluding steroid dienone is 1. The molecule has 1 heterocycles. The Bertz CT molecular complexity index is 458. The molecule has 1 aromatic rings. The summed E-state index contributed by atoms with van der Waals surface area (Å²) in [5.74, 6) is 1.41. The fourth-order valence-corrected chi connectivity index (χ4v) is 4.08. The van der Waals surface area contributed by atoms with E-state index in [1.807, 2.05) is 36.0 Å². The lowest BCUT2D eigenvalue weighted by Gasteiger charge is -2.19. The van der Waals surface area contributed by atoms with Crippen molar-refractivity contribution < 1.29 is 4.74 Å². The lowest BCUT2D eigenvalue weighted by molar-refractivity contribution is 0.268. The van der Waals surface area contributed by atoms with Gasteiger partial charge in [-0.2, -0.15) is 0 Å². The summed E-state index contributed by atoms with van der Waals surface area (Å²) in [7, 11) is 0. The van der Waals surface area contributed by atoms with Crippen molar-refractivity contribution in [3.63, 3.8) is 0 Å². The molecule has 2 atom stereocenters. The van der Waals surface area contributed by atoms with Crippen LogP contribution in [0.25, 0.3) is 0 Å². The number of benzene rings is 1. The van der Waals surface area contributed by atoms with Gasteiger partial charge in [0.15, 0.2) is 0 Å². The Hall–Kier alpha value is -0.450. The summed E-state index contributed by atoms with van der Waals surface area (Å²) in [6.07, 6.45) is 0.984. The van der Waals surface area contributed by atoms with Crippen molar-refractivity contribution in [2.45, 2.75) is 25.5 Å². The fourth-order valence-electron chi connectivity index (χ4n) is 2.45. The zero-order chi connectivity index (χ0) is 13.8. The van der Waals surface area contributed by atoms with Crippen molar-refractivity contribution in [1.82, 2.24) is 0 Å². The normalized spacial score (nSPS) is 22.9.